The molecule has 2 aromatic carbocycles. The Bertz CT molecular complexity index is 1090. The summed E-state index contributed by atoms with van der Waals surface area (Å²) in [6.45, 7) is 0. The van der Waals surface area contributed by atoms with E-state index >= 15 is 0 Å². The van der Waals surface area contributed by atoms with Crippen LogP contribution in [0, 0.1) is 5.82 Å². The number of carbonyl (C=O) groups excluding carboxylic acids is 1. The second-order valence-corrected chi connectivity index (χ2v) is 7.08. The molecular formula is C18H11BrFN3OS. The fourth-order valence-corrected chi connectivity index (χ4v) is 3.81. The monoisotopic (exact) mass is 415 g/mol. The molecule has 25 heavy (non-hydrogen) atoms. The van der Waals surface area contributed by atoms with Crippen LogP contribution in [-0.2, 0) is 0 Å². The summed E-state index contributed by atoms with van der Waals surface area (Å²) in [5.41, 5.74) is 3.16. The molecule has 4 aromatic rings. The smallest absolute Gasteiger partial charge is 0.258 e. The Hall–Kier alpha value is -2.51. The molecule has 0 aliphatic carbocycles. The van der Waals surface area contributed by atoms with Gasteiger partial charge in [0.15, 0.2) is 5.13 Å². The number of thiazole rings is 1. The minimum absolute atomic E-state index is 0.341. The molecule has 0 spiro atoms. The molecule has 2 N–H and O–H groups in total. The zero-order chi connectivity index (χ0) is 17.4. The Morgan fingerprint density at radius 1 is 1.24 bits per heavy atom. The first-order valence-electron chi connectivity index (χ1n) is 7.40. The first-order valence-corrected chi connectivity index (χ1v) is 9.07. The van der Waals surface area contributed by atoms with E-state index in [0.717, 1.165) is 22.2 Å². The number of hydrogen-bond acceptors (Lipinski definition) is 3. The van der Waals surface area contributed by atoms with Crippen molar-refractivity contribution in [3.8, 4) is 11.3 Å². The average Bonchev–Trinajstić information content (AvgIpc) is 3.21. The topological polar surface area (TPSA) is 57.8 Å². The molecule has 2 aromatic heterocycles. The third-order valence-electron chi connectivity index (χ3n) is 3.77. The van der Waals surface area contributed by atoms with Crippen LogP contribution in [0.1, 0.15) is 10.4 Å². The van der Waals surface area contributed by atoms with Crippen molar-refractivity contribution >= 4 is 49.2 Å². The van der Waals surface area contributed by atoms with Gasteiger partial charge >= 0.3 is 0 Å². The number of amides is 1. The van der Waals surface area contributed by atoms with Crippen molar-refractivity contribution in [3.05, 3.63) is 69.9 Å². The van der Waals surface area contributed by atoms with Gasteiger partial charge in [-0.2, -0.15) is 0 Å². The number of H-pyrrole nitrogens is 1. The van der Waals surface area contributed by atoms with Crippen molar-refractivity contribution in [3.63, 3.8) is 0 Å². The molecule has 0 aliphatic heterocycles. The molecule has 7 heteroatoms. The van der Waals surface area contributed by atoms with Gasteiger partial charge in [0, 0.05) is 32.5 Å². The third kappa shape index (κ3) is 3.08. The predicted octanol–water partition coefficient (Wildman–Crippen LogP) is 5.45. The van der Waals surface area contributed by atoms with Crippen molar-refractivity contribution in [2.45, 2.75) is 0 Å². The molecule has 124 valence electrons. The van der Waals surface area contributed by atoms with Gasteiger partial charge in [-0.25, -0.2) is 9.37 Å². The summed E-state index contributed by atoms with van der Waals surface area (Å²) in [7, 11) is 0. The molecule has 2 heterocycles. The maximum absolute atomic E-state index is 13.2. The summed E-state index contributed by atoms with van der Waals surface area (Å²) < 4.78 is 13.6. The minimum Gasteiger partial charge on any atom is -0.360 e. The van der Waals surface area contributed by atoms with Crippen LogP contribution in [0.2, 0.25) is 0 Å². The number of hydrogen-bond donors (Lipinski definition) is 2. The van der Waals surface area contributed by atoms with E-state index in [0.29, 0.717) is 15.2 Å². The molecule has 1 amide bonds. The van der Waals surface area contributed by atoms with Crippen LogP contribution in [0.4, 0.5) is 9.52 Å². The van der Waals surface area contributed by atoms with Crippen LogP contribution in [0.5, 0.6) is 0 Å². The van der Waals surface area contributed by atoms with Crippen LogP contribution < -0.4 is 5.32 Å². The summed E-state index contributed by atoms with van der Waals surface area (Å²) in [5, 5.41) is 6.21. The van der Waals surface area contributed by atoms with Crippen molar-refractivity contribution in [1.29, 1.82) is 0 Å². The highest BCUT2D eigenvalue weighted by molar-refractivity contribution is 9.10. The minimum atomic E-state index is -0.403. The first-order chi connectivity index (χ1) is 12.1. The predicted molar refractivity (Wildman–Crippen MR) is 101 cm³/mol. The molecule has 0 saturated heterocycles. The highest BCUT2D eigenvalue weighted by Crippen LogP contribution is 2.31. The van der Waals surface area contributed by atoms with Gasteiger partial charge < -0.3 is 4.98 Å². The molecule has 4 nitrogen and oxygen atoms in total. The summed E-state index contributed by atoms with van der Waals surface area (Å²) >= 11 is 4.54. The number of anilines is 1. The lowest BCUT2D eigenvalue weighted by atomic mass is 10.1. The molecule has 0 bridgehead atoms. The number of carbonyl (C=O) groups is 1. The zero-order valence-corrected chi connectivity index (χ0v) is 15.1. The molecule has 0 fully saturated rings. The first kappa shape index (κ1) is 16.0. The van der Waals surface area contributed by atoms with E-state index in [1.54, 1.807) is 0 Å². The number of rotatable bonds is 3. The summed E-state index contributed by atoms with van der Waals surface area (Å²) in [6, 6.07) is 11.9. The lowest BCUT2D eigenvalue weighted by Gasteiger charge is -2.04. The van der Waals surface area contributed by atoms with E-state index in [2.05, 4.69) is 31.2 Å². The summed E-state index contributed by atoms with van der Waals surface area (Å²) in [6.07, 6.45) is 1.90. The van der Waals surface area contributed by atoms with Gasteiger partial charge in [-0.15, -0.1) is 11.3 Å². The van der Waals surface area contributed by atoms with Crippen LogP contribution in [0.25, 0.3) is 22.2 Å². The Labute approximate surface area is 154 Å². The average molecular weight is 416 g/mol. The second-order valence-electron chi connectivity index (χ2n) is 5.36. The number of nitrogens with one attached hydrogen (secondary N) is 2. The molecule has 0 atom stereocenters. The number of benzene rings is 2. The lowest BCUT2D eigenvalue weighted by Crippen LogP contribution is -2.12. The number of fused-ring (bicyclic) bond motifs is 1. The largest absolute Gasteiger partial charge is 0.360 e. The van der Waals surface area contributed by atoms with Gasteiger partial charge in [0.05, 0.1) is 11.3 Å². The Morgan fingerprint density at radius 2 is 2.08 bits per heavy atom. The number of nitrogens with zero attached hydrogens (tertiary/aromatic N) is 1. The maximum Gasteiger partial charge on any atom is 0.258 e. The van der Waals surface area contributed by atoms with Gasteiger partial charge in [-0.05, 0) is 40.2 Å². The second kappa shape index (κ2) is 6.42. The Kier molecular flexibility index (Phi) is 4.10. The van der Waals surface area contributed by atoms with E-state index in [9.17, 15) is 9.18 Å². The zero-order valence-electron chi connectivity index (χ0n) is 12.7. The highest BCUT2D eigenvalue weighted by atomic mass is 79.9. The van der Waals surface area contributed by atoms with Gasteiger partial charge in [0.1, 0.15) is 5.82 Å². The van der Waals surface area contributed by atoms with Gasteiger partial charge in [-0.1, -0.05) is 18.2 Å². The normalized spacial score (nSPS) is 11.0. The number of aromatic nitrogens is 2. The van der Waals surface area contributed by atoms with Crippen LogP contribution in [0.3, 0.4) is 0 Å². The van der Waals surface area contributed by atoms with E-state index in [1.165, 1.54) is 29.5 Å². The molecular weight excluding hydrogens is 405 g/mol. The highest BCUT2D eigenvalue weighted by Gasteiger charge is 2.14. The number of halogens is 2. The van der Waals surface area contributed by atoms with E-state index in [1.807, 2.05) is 35.8 Å². The van der Waals surface area contributed by atoms with Crippen LogP contribution in [0.15, 0.2) is 58.5 Å². The van der Waals surface area contributed by atoms with Crippen molar-refractivity contribution in [2.75, 3.05) is 5.32 Å². The standard InChI is InChI=1S/C18H11BrFN3OS/c19-14-7-10(20)5-6-12(14)17(24)23-18-22-16(9-25-18)13-8-21-15-4-2-1-3-11(13)15/h1-9,21H,(H,22,23,24). The summed E-state index contributed by atoms with van der Waals surface area (Å²) in [5.74, 6) is -0.744. The summed E-state index contributed by atoms with van der Waals surface area (Å²) in [4.78, 5) is 20.1. The van der Waals surface area contributed by atoms with E-state index < -0.39 is 5.82 Å². The molecule has 0 saturated carbocycles. The van der Waals surface area contributed by atoms with E-state index in [4.69, 9.17) is 0 Å². The molecule has 0 unspecified atom stereocenters. The number of aromatic amines is 1. The molecule has 0 radical (unpaired) electrons. The Morgan fingerprint density at radius 3 is 2.92 bits per heavy atom. The third-order valence-corrected chi connectivity index (χ3v) is 5.18. The lowest BCUT2D eigenvalue weighted by molar-refractivity contribution is 0.102. The number of para-hydroxylation sites is 1. The van der Waals surface area contributed by atoms with Gasteiger partial charge in [-0.3, -0.25) is 10.1 Å². The molecule has 4 rings (SSSR count). The maximum atomic E-state index is 13.2. The SMILES string of the molecule is O=C(Nc1nc(-c2c[nH]c3ccccc23)cs1)c1ccc(F)cc1Br. The molecule has 0 aliphatic rings. The van der Waals surface area contributed by atoms with Crippen molar-refractivity contribution in [1.82, 2.24) is 9.97 Å². The van der Waals surface area contributed by atoms with Crippen molar-refractivity contribution < 1.29 is 9.18 Å². The van der Waals surface area contributed by atoms with Crippen LogP contribution in [-0.4, -0.2) is 15.9 Å². The fraction of sp³-hybridized carbons (Fsp3) is 0. The van der Waals surface area contributed by atoms with Crippen molar-refractivity contribution in [2.24, 2.45) is 0 Å². The quantitative estimate of drug-likeness (QED) is 0.467. The fourth-order valence-electron chi connectivity index (χ4n) is 2.58. The Balaban J connectivity index is 1.60. The van der Waals surface area contributed by atoms with Crippen LogP contribution >= 0.6 is 27.3 Å². The van der Waals surface area contributed by atoms with E-state index in [-0.39, 0.29) is 5.91 Å². The van der Waals surface area contributed by atoms with Gasteiger partial charge in [0.25, 0.3) is 5.91 Å². The van der Waals surface area contributed by atoms with Gasteiger partial charge in [0.2, 0.25) is 0 Å².